The molecular weight excluding hydrogens is 246 g/mol. The second-order valence-electron chi connectivity index (χ2n) is 4.53. The van der Waals surface area contributed by atoms with Gasteiger partial charge in [-0.3, -0.25) is 14.3 Å². The Labute approximate surface area is 112 Å². The molecule has 19 heavy (non-hydrogen) atoms. The van der Waals surface area contributed by atoms with Gasteiger partial charge >= 0.3 is 5.97 Å². The molecule has 0 fully saturated rings. The fourth-order valence-corrected chi connectivity index (χ4v) is 1.81. The second kappa shape index (κ2) is 7.56. The van der Waals surface area contributed by atoms with Crippen LogP contribution in [-0.4, -0.2) is 33.3 Å². The number of amides is 1. The zero-order chi connectivity index (χ0) is 14.3. The van der Waals surface area contributed by atoms with E-state index in [9.17, 15) is 9.59 Å². The SMILES string of the molecule is CCCC(CNC(=O)c1cnn(CCC)c1)C(=O)O. The molecule has 106 valence electrons. The normalized spacial score (nSPS) is 12.1. The Morgan fingerprint density at radius 1 is 1.42 bits per heavy atom. The number of aryl methyl sites for hydroxylation is 1. The molecule has 0 aliphatic rings. The fourth-order valence-electron chi connectivity index (χ4n) is 1.81. The van der Waals surface area contributed by atoms with Crippen molar-refractivity contribution >= 4 is 11.9 Å². The molecule has 0 saturated carbocycles. The first kappa shape index (κ1) is 15.2. The first-order valence-corrected chi connectivity index (χ1v) is 6.61. The minimum atomic E-state index is -0.871. The van der Waals surface area contributed by atoms with Gasteiger partial charge in [0.15, 0.2) is 0 Å². The highest BCUT2D eigenvalue weighted by atomic mass is 16.4. The van der Waals surface area contributed by atoms with E-state index in [0.29, 0.717) is 12.0 Å². The summed E-state index contributed by atoms with van der Waals surface area (Å²) in [5.41, 5.74) is 0.467. The number of nitrogens with zero attached hydrogens (tertiary/aromatic N) is 2. The van der Waals surface area contributed by atoms with E-state index in [1.807, 2.05) is 13.8 Å². The minimum Gasteiger partial charge on any atom is -0.481 e. The third-order valence-electron chi connectivity index (χ3n) is 2.84. The lowest BCUT2D eigenvalue weighted by molar-refractivity contribution is -0.141. The van der Waals surface area contributed by atoms with Crippen molar-refractivity contribution in [1.82, 2.24) is 15.1 Å². The Morgan fingerprint density at radius 2 is 2.16 bits per heavy atom. The highest BCUT2D eigenvalue weighted by Gasteiger charge is 2.18. The van der Waals surface area contributed by atoms with Crippen molar-refractivity contribution in [2.75, 3.05) is 6.54 Å². The lowest BCUT2D eigenvalue weighted by Crippen LogP contribution is -2.32. The van der Waals surface area contributed by atoms with Crippen LogP contribution >= 0.6 is 0 Å². The van der Waals surface area contributed by atoms with E-state index in [0.717, 1.165) is 19.4 Å². The number of aromatic nitrogens is 2. The largest absolute Gasteiger partial charge is 0.481 e. The maximum atomic E-state index is 11.8. The van der Waals surface area contributed by atoms with E-state index in [1.165, 1.54) is 6.20 Å². The van der Waals surface area contributed by atoms with Crippen molar-refractivity contribution in [2.45, 2.75) is 39.7 Å². The van der Waals surface area contributed by atoms with Gasteiger partial charge in [0.1, 0.15) is 0 Å². The standard InChI is InChI=1S/C13H21N3O3/c1-3-5-10(13(18)19)7-14-12(17)11-8-15-16(9-11)6-4-2/h8-10H,3-7H2,1-2H3,(H,14,17)(H,18,19). The van der Waals surface area contributed by atoms with Crippen LogP contribution in [0.5, 0.6) is 0 Å². The highest BCUT2D eigenvalue weighted by molar-refractivity contribution is 5.93. The summed E-state index contributed by atoms with van der Waals surface area (Å²) in [4.78, 5) is 22.8. The quantitative estimate of drug-likeness (QED) is 0.748. The van der Waals surface area contributed by atoms with Crippen LogP contribution in [0.2, 0.25) is 0 Å². The molecule has 0 aliphatic carbocycles. The van der Waals surface area contributed by atoms with Gasteiger partial charge in [0.25, 0.3) is 5.91 Å². The summed E-state index contributed by atoms with van der Waals surface area (Å²) in [5, 5.41) is 15.7. The molecule has 6 nitrogen and oxygen atoms in total. The minimum absolute atomic E-state index is 0.154. The topological polar surface area (TPSA) is 84.2 Å². The number of nitrogens with one attached hydrogen (secondary N) is 1. The van der Waals surface area contributed by atoms with Crippen molar-refractivity contribution in [3.05, 3.63) is 18.0 Å². The number of carboxylic acids is 1. The van der Waals surface area contributed by atoms with Gasteiger partial charge in [-0.25, -0.2) is 0 Å². The lowest BCUT2D eigenvalue weighted by atomic mass is 10.0. The molecule has 0 spiro atoms. The van der Waals surface area contributed by atoms with Crippen LogP contribution in [0, 0.1) is 5.92 Å². The summed E-state index contributed by atoms with van der Waals surface area (Å²) in [5.74, 6) is -1.67. The molecule has 1 aromatic heterocycles. The van der Waals surface area contributed by atoms with E-state index in [-0.39, 0.29) is 12.5 Å². The summed E-state index contributed by atoms with van der Waals surface area (Å²) in [7, 11) is 0. The number of carboxylic acid groups (broad SMARTS) is 1. The Hall–Kier alpha value is -1.85. The maximum Gasteiger partial charge on any atom is 0.308 e. The molecule has 1 atom stereocenters. The predicted octanol–water partition coefficient (Wildman–Crippen LogP) is 1.52. The Bertz CT molecular complexity index is 429. The first-order valence-electron chi connectivity index (χ1n) is 6.61. The number of carbonyl (C=O) groups is 2. The summed E-state index contributed by atoms with van der Waals surface area (Å²) in [6.07, 6.45) is 5.46. The van der Waals surface area contributed by atoms with Gasteiger partial charge in [0, 0.05) is 19.3 Å². The molecule has 1 unspecified atom stereocenters. The molecule has 0 aliphatic heterocycles. The summed E-state index contributed by atoms with van der Waals surface area (Å²) < 4.78 is 1.70. The van der Waals surface area contributed by atoms with Gasteiger partial charge in [-0.1, -0.05) is 20.3 Å². The monoisotopic (exact) mass is 267 g/mol. The molecule has 0 aromatic carbocycles. The smallest absolute Gasteiger partial charge is 0.308 e. The van der Waals surface area contributed by atoms with Gasteiger partial charge in [-0.2, -0.15) is 5.10 Å². The van der Waals surface area contributed by atoms with Gasteiger partial charge in [-0.05, 0) is 12.8 Å². The van der Waals surface area contributed by atoms with Crippen LogP contribution in [0.4, 0.5) is 0 Å². The molecule has 1 amide bonds. The van der Waals surface area contributed by atoms with Gasteiger partial charge in [0.05, 0.1) is 17.7 Å². The Morgan fingerprint density at radius 3 is 2.74 bits per heavy atom. The first-order chi connectivity index (χ1) is 9.08. The van der Waals surface area contributed by atoms with Crippen LogP contribution in [0.15, 0.2) is 12.4 Å². The van der Waals surface area contributed by atoms with Crippen LogP contribution in [0.3, 0.4) is 0 Å². The van der Waals surface area contributed by atoms with Crippen molar-refractivity contribution in [2.24, 2.45) is 5.92 Å². The number of hydrogen-bond acceptors (Lipinski definition) is 3. The zero-order valence-corrected chi connectivity index (χ0v) is 11.4. The molecular formula is C13H21N3O3. The summed E-state index contributed by atoms with van der Waals surface area (Å²) in [6.45, 7) is 4.87. The van der Waals surface area contributed by atoms with E-state index < -0.39 is 11.9 Å². The number of carbonyl (C=O) groups excluding carboxylic acids is 1. The summed E-state index contributed by atoms with van der Waals surface area (Å²) >= 11 is 0. The van der Waals surface area contributed by atoms with Crippen LogP contribution < -0.4 is 5.32 Å². The molecule has 1 heterocycles. The van der Waals surface area contributed by atoms with Crippen molar-refractivity contribution < 1.29 is 14.7 Å². The third kappa shape index (κ3) is 4.73. The molecule has 0 saturated heterocycles. The average Bonchev–Trinajstić information content (AvgIpc) is 2.83. The number of hydrogen-bond donors (Lipinski definition) is 2. The van der Waals surface area contributed by atoms with Gasteiger partial charge in [0.2, 0.25) is 0 Å². The van der Waals surface area contributed by atoms with E-state index in [1.54, 1.807) is 10.9 Å². The third-order valence-corrected chi connectivity index (χ3v) is 2.84. The lowest BCUT2D eigenvalue weighted by Gasteiger charge is -2.11. The fraction of sp³-hybridized carbons (Fsp3) is 0.615. The highest BCUT2D eigenvalue weighted by Crippen LogP contribution is 2.06. The Balaban J connectivity index is 2.51. The number of aliphatic carboxylic acids is 1. The van der Waals surface area contributed by atoms with Gasteiger partial charge < -0.3 is 10.4 Å². The molecule has 1 rings (SSSR count). The average molecular weight is 267 g/mol. The van der Waals surface area contributed by atoms with Crippen LogP contribution in [0.1, 0.15) is 43.5 Å². The predicted molar refractivity (Wildman–Crippen MR) is 70.9 cm³/mol. The molecule has 0 bridgehead atoms. The van der Waals surface area contributed by atoms with E-state index in [2.05, 4.69) is 10.4 Å². The maximum absolute atomic E-state index is 11.8. The van der Waals surface area contributed by atoms with Crippen molar-refractivity contribution in [1.29, 1.82) is 0 Å². The van der Waals surface area contributed by atoms with E-state index >= 15 is 0 Å². The number of rotatable bonds is 8. The second-order valence-corrected chi connectivity index (χ2v) is 4.53. The van der Waals surface area contributed by atoms with Crippen molar-refractivity contribution in [3.8, 4) is 0 Å². The Kier molecular flexibility index (Phi) is 6.05. The molecule has 2 N–H and O–H groups in total. The van der Waals surface area contributed by atoms with E-state index in [4.69, 9.17) is 5.11 Å². The van der Waals surface area contributed by atoms with Gasteiger partial charge in [-0.15, -0.1) is 0 Å². The molecule has 6 heteroatoms. The molecule has 1 aromatic rings. The van der Waals surface area contributed by atoms with Crippen LogP contribution in [-0.2, 0) is 11.3 Å². The summed E-state index contributed by atoms with van der Waals surface area (Å²) in [6, 6.07) is 0. The molecule has 0 radical (unpaired) electrons. The van der Waals surface area contributed by atoms with Crippen molar-refractivity contribution in [3.63, 3.8) is 0 Å². The van der Waals surface area contributed by atoms with Crippen LogP contribution in [0.25, 0.3) is 0 Å². The zero-order valence-electron chi connectivity index (χ0n) is 11.4.